The van der Waals surface area contributed by atoms with Crippen molar-refractivity contribution in [1.82, 2.24) is 10.6 Å². The van der Waals surface area contributed by atoms with Crippen molar-refractivity contribution in [2.24, 2.45) is 5.92 Å². The lowest BCUT2D eigenvalue weighted by molar-refractivity contribution is -0.127. The number of nitrogens with one attached hydrogen (secondary N) is 2. The van der Waals surface area contributed by atoms with E-state index in [1.165, 1.54) is 6.42 Å². The quantitative estimate of drug-likeness (QED) is 0.626. The highest BCUT2D eigenvalue weighted by Crippen LogP contribution is 2.19. The molecule has 17 heavy (non-hydrogen) atoms. The van der Waals surface area contributed by atoms with E-state index in [4.69, 9.17) is 0 Å². The lowest BCUT2D eigenvalue weighted by Gasteiger charge is -2.27. The predicted octanol–water partition coefficient (Wildman–Crippen LogP) is 0.796. The third-order valence-electron chi connectivity index (χ3n) is 4.02. The third kappa shape index (κ3) is 3.68. The summed E-state index contributed by atoms with van der Waals surface area (Å²) >= 11 is 0. The fourth-order valence-electron chi connectivity index (χ4n) is 2.84. The van der Waals surface area contributed by atoms with Crippen molar-refractivity contribution in [3.63, 3.8) is 0 Å². The monoisotopic (exact) mass is 240 g/mol. The maximum absolute atomic E-state index is 12.1. The van der Waals surface area contributed by atoms with Crippen LogP contribution in [0.1, 0.15) is 44.9 Å². The van der Waals surface area contributed by atoms with Gasteiger partial charge in [-0.1, -0.05) is 19.3 Å². The van der Waals surface area contributed by atoms with Gasteiger partial charge in [0.2, 0.25) is 5.91 Å². The van der Waals surface area contributed by atoms with Crippen molar-refractivity contribution in [3.8, 4) is 0 Å². The summed E-state index contributed by atoms with van der Waals surface area (Å²) in [7, 11) is 0. The Kier molecular flexibility index (Phi) is 4.80. The summed E-state index contributed by atoms with van der Waals surface area (Å²) in [5.41, 5.74) is 0. The molecule has 1 saturated carbocycles. The van der Waals surface area contributed by atoms with Crippen LogP contribution in [0.15, 0.2) is 0 Å². The summed E-state index contributed by atoms with van der Waals surface area (Å²) in [5, 5.41) is 16.3. The molecule has 2 rings (SSSR count). The van der Waals surface area contributed by atoms with Gasteiger partial charge in [0, 0.05) is 5.92 Å². The van der Waals surface area contributed by atoms with E-state index in [0.717, 1.165) is 51.6 Å². The molecule has 1 aliphatic carbocycles. The van der Waals surface area contributed by atoms with E-state index in [-0.39, 0.29) is 24.0 Å². The van der Waals surface area contributed by atoms with Gasteiger partial charge in [-0.15, -0.1) is 0 Å². The van der Waals surface area contributed by atoms with Crippen molar-refractivity contribution in [3.05, 3.63) is 0 Å². The van der Waals surface area contributed by atoms with E-state index in [1.807, 2.05) is 0 Å². The molecule has 1 saturated heterocycles. The number of amides is 1. The molecule has 3 N–H and O–H groups in total. The van der Waals surface area contributed by atoms with Gasteiger partial charge in [-0.2, -0.15) is 0 Å². The maximum atomic E-state index is 12.1. The van der Waals surface area contributed by atoms with Gasteiger partial charge >= 0.3 is 0 Å². The molecule has 2 unspecified atom stereocenters. The minimum Gasteiger partial charge on any atom is -0.391 e. The number of aliphatic hydroxyl groups excluding tert-OH is 1. The summed E-state index contributed by atoms with van der Waals surface area (Å²) in [6.45, 7) is 1.87. The molecule has 1 aliphatic heterocycles. The summed E-state index contributed by atoms with van der Waals surface area (Å²) in [6.07, 6.45) is 6.65. The number of hydrogen-bond donors (Lipinski definition) is 3. The largest absolute Gasteiger partial charge is 0.391 e. The van der Waals surface area contributed by atoms with Crippen LogP contribution in [0.3, 0.4) is 0 Å². The fourth-order valence-corrected chi connectivity index (χ4v) is 2.84. The first-order valence-electron chi connectivity index (χ1n) is 6.96. The van der Waals surface area contributed by atoms with E-state index in [0.29, 0.717) is 0 Å². The smallest absolute Gasteiger partial charge is 0.223 e. The molecule has 98 valence electrons. The highest BCUT2D eigenvalue weighted by atomic mass is 16.3. The number of carbonyl (C=O) groups is 1. The first-order valence-corrected chi connectivity index (χ1v) is 6.96. The lowest BCUT2D eigenvalue weighted by atomic mass is 9.96. The normalized spacial score (nSPS) is 31.8. The molecule has 0 radical (unpaired) electrons. The van der Waals surface area contributed by atoms with Crippen LogP contribution in [0.4, 0.5) is 0 Å². The zero-order chi connectivity index (χ0) is 12.1. The van der Waals surface area contributed by atoms with E-state index in [9.17, 15) is 9.90 Å². The third-order valence-corrected chi connectivity index (χ3v) is 4.02. The molecule has 0 aromatic heterocycles. The number of aliphatic hydroxyl groups is 1. The van der Waals surface area contributed by atoms with Crippen molar-refractivity contribution < 1.29 is 9.90 Å². The van der Waals surface area contributed by atoms with Crippen LogP contribution in [0.25, 0.3) is 0 Å². The highest BCUT2D eigenvalue weighted by molar-refractivity contribution is 5.79. The zero-order valence-corrected chi connectivity index (χ0v) is 10.5. The molecule has 0 spiro atoms. The summed E-state index contributed by atoms with van der Waals surface area (Å²) in [6, 6.07) is -0.0140. The first kappa shape index (κ1) is 12.8. The minimum atomic E-state index is -0.344. The van der Waals surface area contributed by atoms with Crippen LogP contribution in [0.5, 0.6) is 0 Å². The number of rotatable bonds is 2. The van der Waals surface area contributed by atoms with Crippen LogP contribution in [0.2, 0.25) is 0 Å². The Bertz CT molecular complexity index is 252. The highest BCUT2D eigenvalue weighted by Gasteiger charge is 2.27. The topological polar surface area (TPSA) is 61.4 Å². The van der Waals surface area contributed by atoms with Crippen molar-refractivity contribution in [2.75, 3.05) is 13.1 Å². The van der Waals surface area contributed by atoms with Gasteiger partial charge in [0.05, 0.1) is 12.1 Å². The van der Waals surface area contributed by atoms with Crippen molar-refractivity contribution >= 4 is 5.91 Å². The van der Waals surface area contributed by atoms with Gasteiger partial charge in [0.25, 0.3) is 0 Å². The molecular weight excluding hydrogens is 216 g/mol. The van der Waals surface area contributed by atoms with E-state index in [1.54, 1.807) is 0 Å². The Morgan fingerprint density at radius 1 is 1.06 bits per heavy atom. The molecule has 2 atom stereocenters. The van der Waals surface area contributed by atoms with Gasteiger partial charge in [0.1, 0.15) is 0 Å². The standard InChI is InChI=1S/C13H24N2O2/c16-12-5-3-1-2-4-11(12)15-13(17)10-6-8-14-9-7-10/h10-12,14,16H,1-9H2,(H,15,17). The van der Waals surface area contributed by atoms with Gasteiger partial charge < -0.3 is 15.7 Å². The Hall–Kier alpha value is -0.610. The molecule has 4 heteroatoms. The van der Waals surface area contributed by atoms with Crippen molar-refractivity contribution in [2.45, 2.75) is 57.1 Å². The van der Waals surface area contributed by atoms with E-state index >= 15 is 0 Å². The lowest BCUT2D eigenvalue weighted by Crippen LogP contribution is -2.47. The molecule has 0 bridgehead atoms. The number of piperidine rings is 1. The Balaban J connectivity index is 1.83. The van der Waals surface area contributed by atoms with Gasteiger partial charge in [0.15, 0.2) is 0 Å². The number of hydrogen-bond acceptors (Lipinski definition) is 3. The molecule has 0 aromatic carbocycles. The molecule has 4 nitrogen and oxygen atoms in total. The molecule has 2 fully saturated rings. The average molecular weight is 240 g/mol. The van der Waals surface area contributed by atoms with Crippen LogP contribution >= 0.6 is 0 Å². The Morgan fingerprint density at radius 3 is 2.53 bits per heavy atom. The first-order chi connectivity index (χ1) is 8.27. The van der Waals surface area contributed by atoms with Gasteiger partial charge in [-0.3, -0.25) is 4.79 Å². The maximum Gasteiger partial charge on any atom is 0.223 e. The summed E-state index contributed by atoms with van der Waals surface area (Å²) < 4.78 is 0. The predicted molar refractivity (Wildman–Crippen MR) is 66.6 cm³/mol. The second-order valence-electron chi connectivity index (χ2n) is 5.34. The van der Waals surface area contributed by atoms with E-state index < -0.39 is 0 Å². The van der Waals surface area contributed by atoms with Crippen LogP contribution in [-0.4, -0.2) is 36.2 Å². The minimum absolute atomic E-state index is 0.0140. The van der Waals surface area contributed by atoms with Crippen LogP contribution < -0.4 is 10.6 Å². The van der Waals surface area contributed by atoms with Gasteiger partial charge in [-0.25, -0.2) is 0 Å². The Morgan fingerprint density at radius 2 is 1.76 bits per heavy atom. The second kappa shape index (κ2) is 6.36. The molecule has 2 aliphatic rings. The molecule has 1 amide bonds. The summed E-state index contributed by atoms with van der Waals surface area (Å²) in [5.74, 6) is 0.296. The van der Waals surface area contributed by atoms with Crippen LogP contribution in [0, 0.1) is 5.92 Å². The van der Waals surface area contributed by atoms with Gasteiger partial charge in [-0.05, 0) is 38.8 Å². The zero-order valence-electron chi connectivity index (χ0n) is 10.5. The second-order valence-corrected chi connectivity index (χ2v) is 5.34. The van der Waals surface area contributed by atoms with Crippen molar-refractivity contribution in [1.29, 1.82) is 0 Å². The fraction of sp³-hybridized carbons (Fsp3) is 0.923. The molecular formula is C13H24N2O2. The average Bonchev–Trinajstić information content (AvgIpc) is 2.56. The summed E-state index contributed by atoms with van der Waals surface area (Å²) in [4.78, 5) is 12.1. The Labute approximate surface area is 103 Å². The van der Waals surface area contributed by atoms with Crippen LogP contribution in [-0.2, 0) is 4.79 Å². The number of carbonyl (C=O) groups excluding carboxylic acids is 1. The molecule has 0 aromatic rings. The molecule has 1 heterocycles. The van der Waals surface area contributed by atoms with E-state index in [2.05, 4.69) is 10.6 Å². The SMILES string of the molecule is O=C(NC1CCCCCC1O)C1CCNCC1.